The molecule has 0 saturated carbocycles. The summed E-state index contributed by atoms with van der Waals surface area (Å²) in [5.74, 6) is -0.800. The smallest absolute Gasteiger partial charge is 0.337 e. The van der Waals surface area contributed by atoms with Crippen LogP contribution >= 0.6 is 0 Å². The molecule has 0 radical (unpaired) electrons. The zero-order valence-corrected chi connectivity index (χ0v) is 10.8. The van der Waals surface area contributed by atoms with Crippen molar-refractivity contribution in [3.63, 3.8) is 0 Å². The van der Waals surface area contributed by atoms with Crippen LogP contribution in [0, 0.1) is 0 Å². The Morgan fingerprint density at radius 1 is 1.47 bits per heavy atom. The van der Waals surface area contributed by atoms with E-state index >= 15 is 0 Å². The van der Waals surface area contributed by atoms with Crippen LogP contribution < -0.4 is 10.6 Å². The molecule has 0 spiro atoms. The van der Waals surface area contributed by atoms with Crippen molar-refractivity contribution in [3.8, 4) is 0 Å². The first-order chi connectivity index (χ1) is 8.81. The molecule has 0 fully saturated rings. The Bertz CT molecular complexity index is 457. The van der Waals surface area contributed by atoms with Gasteiger partial charge in [-0.2, -0.15) is 5.10 Å². The lowest BCUT2D eigenvalue weighted by Crippen LogP contribution is -2.49. The summed E-state index contributed by atoms with van der Waals surface area (Å²) in [7, 11) is 1.74. The highest BCUT2D eigenvalue weighted by atomic mass is 16.4. The van der Waals surface area contributed by atoms with Crippen LogP contribution in [0.5, 0.6) is 0 Å². The number of urea groups is 1. The average Bonchev–Trinajstić information content (AvgIpc) is 2.72. The predicted molar refractivity (Wildman–Crippen MR) is 64.4 cm³/mol. The molecule has 2 amide bonds. The molecule has 0 aliphatic heterocycles. The van der Waals surface area contributed by atoms with E-state index in [1.165, 1.54) is 0 Å². The Morgan fingerprint density at radius 3 is 2.68 bits per heavy atom. The van der Waals surface area contributed by atoms with Gasteiger partial charge in [-0.05, 0) is 6.92 Å². The molecule has 19 heavy (non-hydrogen) atoms. The summed E-state index contributed by atoms with van der Waals surface area (Å²) in [4.78, 5) is 25.9. The standard InChI is InChI=1S/C10H17N5O4/c1-10(19,8(16)17)5-12-9(18)11-4-3-7-13-6-15(2)14-7/h6,19H,3-5H2,1-2H3,(H,16,17)(H2,11,12,18). The van der Waals surface area contributed by atoms with Crippen molar-refractivity contribution < 1.29 is 19.8 Å². The Balaban J connectivity index is 2.23. The second-order valence-corrected chi connectivity index (χ2v) is 4.27. The number of nitrogens with one attached hydrogen (secondary N) is 2. The first kappa shape index (κ1) is 14.9. The molecule has 106 valence electrons. The quantitative estimate of drug-likeness (QED) is 0.498. The highest BCUT2D eigenvalue weighted by Gasteiger charge is 2.30. The van der Waals surface area contributed by atoms with Crippen LogP contribution in [-0.2, 0) is 18.3 Å². The molecule has 0 bridgehead atoms. The summed E-state index contributed by atoms with van der Waals surface area (Å²) < 4.78 is 1.56. The lowest BCUT2D eigenvalue weighted by Gasteiger charge is -2.18. The number of aryl methyl sites for hydroxylation is 1. The van der Waals surface area contributed by atoms with Gasteiger partial charge in [0.05, 0.1) is 6.54 Å². The van der Waals surface area contributed by atoms with Gasteiger partial charge in [0.25, 0.3) is 0 Å². The monoisotopic (exact) mass is 271 g/mol. The van der Waals surface area contributed by atoms with E-state index in [1.807, 2.05) is 0 Å². The maximum atomic E-state index is 11.3. The van der Waals surface area contributed by atoms with E-state index in [2.05, 4.69) is 20.7 Å². The third-order valence-corrected chi connectivity index (χ3v) is 2.34. The van der Waals surface area contributed by atoms with Crippen LogP contribution in [0.2, 0.25) is 0 Å². The van der Waals surface area contributed by atoms with Gasteiger partial charge in [0, 0.05) is 20.0 Å². The first-order valence-corrected chi connectivity index (χ1v) is 5.63. The van der Waals surface area contributed by atoms with Crippen LogP contribution in [0.3, 0.4) is 0 Å². The number of rotatable bonds is 6. The highest BCUT2D eigenvalue weighted by Crippen LogP contribution is 2.00. The fourth-order valence-corrected chi connectivity index (χ4v) is 1.18. The molecule has 1 aromatic rings. The van der Waals surface area contributed by atoms with Crippen LogP contribution in [0.1, 0.15) is 12.7 Å². The number of aliphatic hydroxyl groups is 1. The zero-order chi connectivity index (χ0) is 14.5. The van der Waals surface area contributed by atoms with Crippen molar-refractivity contribution in [1.82, 2.24) is 25.4 Å². The lowest BCUT2D eigenvalue weighted by molar-refractivity contribution is -0.155. The average molecular weight is 271 g/mol. The van der Waals surface area contributed by atoms with Gasteiger partial charge >= 0.3 is 12.0 Å². The van der Waals surface area contributed by atoms with Crippen LogP contribution in [0.4, 0.5) is 4.79 Å². The minimum atomic E-state index is -1.99. The van der Waals surface area contributed by atoms with E-state index in [0.717, 1.165) is 6.92 Å². The number of nitrogens with zero attached hydrogens (tertiary/aromatic N) is 3. The minimum absolute atomic E-state index is 0.311. The van der Waals surface area contributed by atoms with Gasteiger partial charge in [0.2, 0.25) is 0 Å². The predicted octanol–water partition coefficient (Wildman–Crippen LogP) is -1.51. The van der Waals surface area contributed by atoms with E-state index in [0.29, 0.717) is 18.8 Å². The minimum Gasteiger partial charge on any atom is -0.479 e. The van der Waals surface area contributed by atoms with Crippen molar-refractivity contribution in [2.75, 3.05) is 13.1 Å². The Labute approximate surface area is 109 Å². The van der Waals surface area contributed by atoms with Gasteiger partial charge in [0.15, 0.2) is 11.4 Å². The zero-order valence-electron chi connectivity index (χ0n) is 10.8. The van der Waals surface area contributed by atoms with Gasteiger partial charge < -0.3 is 20.8 Å². The molecular formula is C10H17N5O4. The van der Waals surface area contributed by atoms with Crippen molar-refractivity contribution in [2.24, 2.45) is 7.05 Å². The maximum absolute atomic E-state index is 11.3. The van der Waals surface area contributed by atoms with E-state index in [4.69, 9.17) is 5.11 Å². The summed E-state index contributed by atoms with van der Waals surface area (Å²) in [5.41, 5.74) is -1.99. The van der Waals surface area contributed by atoms with Gasteiger partial charge in [0.1, 0.15) is 6.33 Å². The molecule has 0 aliphatic rings. The lowest BCUT2D eigenvalue weighted by atomic mass is 10.1. The third-order valence-electron chi connectivity index (χ3n) is 2.34. The van der Waals surface area contributed by atoms with Crippen LogP contribution in [0.25, 0.3) is 0 Å². The molecule has 0 saturated heterocycles. The molecule has 9 heteroatoms. The number of carbonyl (C=O) groups is 2. The van der Waals surface area contributed by atoms with Crippen molar-refractivity contribution >= 4 is 12.0 Å². The number of carboxylic acid groups (broad SMARTS) is 1. The summed E-state index contributed by atoms with van der Waals surface area (Å²) in [6.45, 7) is 1.04. The van der Waals surface area contributed by atoms with Crippen molar-refractivity contribution in [2.45, 2.75) is 18.9 Å². The topological polar surface area (TPSA) is 129 Å². The van der Waals surface area contributed by atoms with Crippen LogP contribution in [-0.4, -0.2) is 55.7 Å². The van der Waals surface area contributed by atoms with E-state index in [9.17, 15) is 14.7 Å². The third kappa shape index (κ3) is 4.92. The van der Waals surface area contributed by atoms with E-state index < -0.39 is 17.6 Å². The SMILES string of the molecule is Cn1cnc(CCNC(=O)NCC(C)(O)C(=O)O)n1. The Kier molecular flexibility index (Phi) is 4.81. The number of aromatic nitrogens is 3. The van der Waals surface area contributed by atoms with Gasteiger partial charge in [-0.25, -0.2) is 14.6 Å². The van der Waals surface area contributed by atoms with Gasteiger partial charge in [-0.3, -0.25) is 4.68 Å². The van der Waals surface area contributed by atoms with E-state index in [-0.39, 0.29) is 6.54 Å². The summed E-state index contributed by atoms with van der Waals surface area (Å²) >= 11 is 0. The number of carboxylic acids is 1. The largest absolute Gasteiger partial charge is 0.479 e. The number of hydrogen-bond acceptors (Lipinski definition) is 5. The first-order valence-electron chi connectivity index (χ1n) is 5.63. The molecular weight excluding hydrogens is 254 g/mol. The summed E-state index contributed by atoms with van der Waals surface area (Å²) in [5, 5.41) is 26.8. The molecule has 1 heterocycles. The van der Waals surface area contributed by atoms with Crippen LogP contribution in [0.15, 0.2) is 6.33 Å². The second kappa shape index (κ2) is 6.14. The molecule has 0 aromatic carbocycles. The summed E-state index contributed by atoms with van der Waals surface area (Å²) in [6.07, 6.45) is 2.02. The second-order valence-electron chi connectivity index (χ2n) is 4.27. The molecule has 0 aliphatic carbocycles. The van der Waals surface area contributed by atoms with E-state index in [1.54, 1.807) is 18.1 Å². The molecule has 4 N–H and O–H groups in total. The molecule has 1 rings (SSSR count). The molecule has 1 aromatic heterocycles. The fourth-order valence-electron chi connectivity index (χ4n) is 1.18. The summed E-state index contributed by atoms with van der Waals surface area (Å²) in [6, 6.07) is -0.558. The van der Waals surface area contributed by atoms with Gasteiger partial charge in [-0.1, -0.05) is 0 Å². The number of aliphatic carboxylic acids is 1. The van der Waals surface area contributed by atoms with Crippen molar-refractivity contribution in [1.29, 1.82) is 0 Å². The number of carbonyl (C=O) groups excluding carboxylic acids is 1. The molecule has 1 unspecified atom stereocenters. The normalized spacial score (nSPS) is 13.6. The number of hydrogen-bond donors (Lipinski definition) is 4. The van der Waals surface area contributed by atoms with Crippen molar-refractivity contribution in [3.05, 3.63) is 12.2 Å². The Hall–Kier alpha value is -2.16. The number of amides is 2. The Morgan fingerprint density at radius 2 is 2.16 bits per heavy atom. The molecule has 9 nitrogen and oxygen atoms in total. The maximum Gasteiger partial charge on any atom is 0.337 e. The molecule has 1 atom stereocenters. The highest BCUT2D eigenvalue weighted by molar-refractivity contribution is 5.79. The van der Waals surface area contributed by atoms with Gasteiger partial charge in [-0.15, -0.1) is 0 Å². The fraction of sp³-hybridized carbons (Fsp3) is 0.600.